The van der Waals surface area contributed by atoms with Crippen LogP contribution in [0.5, 0.6) is 0 Å². The van der Waals surface area contributed by atoms with E-state index in [1.54, 1.807) is 7.11 Å². The summed E-state index contributed by atoms with van der Waals surface area (Å²) in [5.41, 5.74) is 1.17. The Morgan fingerprint density at radius 1 is 1.41 bits per heavy atom. The fourth-order valence-corrected chi connectivity index (χ4v) is 3.08. The Kier molecular flexibility index (Phi) is 4.76. The molecule has 1 saturated heterocycles. The molecule has 5 heteroatoms. The second-order valence-electron chi connectivity index (χ2n) is 4.37. The Hall–Kier alpha value is -0.650. The second-order valence-corrected chi connectivity index (χ2v) is 5.43. The van der Waals surface area contributed by atoms with Crippen LogP contribution in [0.25, 0.3) is 0 Å². The maximum absolute atomic E-state index is 5.01. The average Bonchev–Trinajstić information content (AvgIpc) is 2.94. The van der Waals surface area contributed by atoms with Crippen molar-refractivity contribution >= 4 is 16.5 Å². The molecule has 0 spiro atoms. The predicted octanol–water partition coefficient (Wildman–Crippen LogP) is 1.79. The standard InChI is InChI=1S/C12H21N3OS/c1-10-11(9-13-5-8-16-2)17-12(14-10)15-6-3-4-7-15/h13H,3-9H2,1-2H3. The van der Waals surface area contributed by atoms with Gasteiger partial charge in [0, 0.05) is 38.2 Å². The van der Waals surface area contributed by atoms with Gasteiger partial charge in [-0.25, -0.2) is 4.98 Å². The molecule has 1 aliphatic rings. The minimum Gasteiger partial charge on any atom is -0.383 e. The molecule has 17 heavy (non-hydrogen) atoms. The monoisotopic (exact) mass is 255 g/mol. The van der Waals surface area contributed by atoms with Crippen LogP contribution in [0.15, 0.2) is 0 Å². The number of ether oxygens (including phenoxy) is 1. The van der Waals surface area contributed by atoms with Crippen LogP contribution < -0.4 is 10.2 Å². The molecule has 1 fully saturated rings. The first-order valence-corrected chi connectivity index (χ1v) is 7.04. The van der Waals surface area contributed by atoms with E-state index >= 15 is 0 Å². The van der Waals surface area contributed by atoms with Crippen LogP contribution in [0.3, 0.4) is 0 Å². The number of hydrogen-bond donors (Lipinski definition) is 1. The Morgan fingerprint density at radius 3 is 2.88 bits per heavy atom. The van der Waals surface area contributed by atoms with Gasteiger partial charge in [0.05, 0.1) is 12.3 Å². The SMILES string of the molecule is COCCNCc1sc(N2CCCC2)nc1C. The van der Waals surface area contributed by atoms with Crippen molar-refractivity contribution in [3.8, 4) is 0 Å². The molecule has 2 rings (SSSR count). The third kappa shape index (κ3) is 3.40. The zero-order chi connectivity index (χ0) is 12.1. The van der Waals surface area contributed by atoms with Crippen molar-refractivity contribution < 1.29 is 4.74 Å². The number of methoxy groups -OCH3 is 1. The topological polar surface area (TPSA) is 37.4 Å². The largest absolute Gasteiger partial charge is 0.383 e. The fraction of sp³-hybridized carbons (Fsp3) is 0.750. The van der Waals surface area contributed by atoms with E-state index in [2.05, 4.69) is 22.1 Å². The van der Waals surface area contributed by atoms with Crippen molar-refractivity contribution in [2.45, 2.75) is 26.3 Å². The fourth-order valence-electron chi connectivity index (χ4n) is 2.00. The Balaban J connectivity index is 1.89. The summed E-state index contributed by atoms with van der Waals surface area (Å²) in [5, 5.41) is 4.57. The number of aryl methyl sites for hydroxylation is 1. The second kappa shape index (κ2) is 6.33. The molecular formula is C12H21N3OS. The summed E-state index contributed by atoms with van der Waals surface area (Å²) in [4.78, 5) is 8.41. The number of nitrogens with one attached hydrogen (secondary N) is 1. The van der Waals surface area contributed by atoms with Crippen molar-refractivity contribution in [2.24, 2.45) is 0 Å². The average molecular weight is 255 g/mol. The van der Waals surface area contributed by atoms with Gasteiger partial charge in [0.1, 0.15) is 0 Å². The number of aromatic nitrogens is 1. The van der Waals surface area contributed by atoms with Gasteiger partial charge in [0.25, 0.3) is 0 Å². The molecule has 1 aliphatic heterocycles. The number of nitrogens with zero attached hydrogens (tertiary/aromatic N) is 2. The lowest BCUT2D eigenvalue weighted by Gasteiger charge is -2.12. The van der Waals surface area contributed by atoms with Crippen LogP contribution in [0.1, 0.15) is 23.4 Å². The minimum absolute atomic E-state index is 0.761. The molecule has 0 bridgehead atoms. The van der Waals surface area contributed by atoms with E-state index < -0.39 is 0 Å². The number of rotatable bonds is 6. The molecule has 0 aromatic carbocycles. The Morgan fingerprint density at radius 2 is 2.18 bits per heavy atom. The smallest absolute Gasteiger partial charge is 0.185 e. The molecule has 96 valence electrons. The summed E-state index contributed by atoms with van der Waals surface area (Å²) in [7, 11) is 1.73. The molecule has 0 radical (unpaired) electrons. The molecule has 0 atom stereocenters. The third-order valence-corrected chi connectivity index (χ3v) is 4.24. The van der Waals surface area contributed by atoms with Crippen molar-refractivity contribution in [1.82, 2.24) is 10.3 Å². The lowest BCUT2D eigenvalue weighted by atomic mass is 10.4. The Bertz CT molecular complexity index is 348. The van der Waals surface area contributed by atoms with E-state index in [0.29, 0.717) is 0 Å². The highest BCUT2D eigenvalue weighted by atomic mass is 32.1. The van der Waals surface area contributed by atoms with E-state index in [1.165, 1.54) is 41.6 Å². The highest BCUT2D eigenvalue weighted by molar-refractivity contribution is 7.15. The highest BCUT2D eigenvalue weighted by Gasteiger charge is 2.17. The van der Waals surface area contributed by atoms with Crippen molar-refractivity contribution in [3.05, 3.63) is 10.6 Å². The van der Waals surface area contributed by atoms with Crippen LogP contribution in [-0.4, -0.2) is 38.3 Å². The van der Waals surface area contributed by atoms with E-state index in [0.717, 1.165) is 19.7 Å². The zero-order valence-electron chi connectivity index (χ0n) is 10.7. The van der Waals surface area contributed by atoms with Crippen LogP contribution in [-0.2, 0) is 11.3 Å². The van der Waals surface area contributed by atoms with Crippen molar-refractivity contribution in [2.75, 3.05) is 38.3 Å². The van der Waals surface area contributed by atoms with Crippen molar-refractivity contribution in [3.63, 3.8) is 0 Å². The first-order valence-electron chi connectivity index (χ1n) is 6.22. The van der Waals surface area contributed by atoms with Gasteiger partial charge >= 0.3 is 0 Å². The minimum atomic E-state index is 0.761. The van der Waals surface area contributed by atoms with Gasteiger partial charge in [-0.05, 0) is 19.8 Å². The first-order chi connectivity index (χ1) is 8.31. The molecule has 0 amide bonds. The number of anilines is 1. The lowest BCUT2D eigenvalue weighted by Crippen LogP contribution is -2.18. The molecule has 1 aromatic rings. The summed E-state index contributed by atoms with van der Waals surface area (Å²) in [6.45, 7) is 7.00. The van der Waals surface area contributed by atoms with Crippen LogP contribution in [0.2, 0.25) is 0 Å². The van der Waals surface area contributed by atoms with Gasteiger partial charge in [-0.2, -0.15) is 0 Å². The summed E-state index contributed by atoms with van der Waals surface area (Å²) in [6.07, 6.45) is 2.61. The summed E-state index contributed by atoms with van der Waals surface area (Å²) < 4.78 is 5.01. The molecule has 1 aromatic heterocycles. The molecule has 1 N–H and O–H groups in total. The first kappa shape index (κ1) is 12.8. The highest BCUT2D eigenvalue weighted by Crippen LogP contribution is 2.28. The van der Waals surface area contributed by atoms with Gasteiger partial charge < -0.3 is 15.0 Å². The molecule has 0 unspecified atom stereocenters. The van der Waals surface area contributed by atoms with E-state index in [1.807, 2.05) is 11.3 Å². The van der Waals surface area contributed by atoms with Gasteiger partial charge in [-0.3, -0.25) is 0 Å². The molecular weight excluding hydrogens is 234 g/mol. The lowest BCUT2D eigenvalue weighted by molar-refractivity contribution is 0.199. The zero-order valence-corrected chi connectivity index (χ0v) is 11.5. The summed E-state index contributed by atoms with van der Waals surface area (Å²) >= 11 is 1.83. The van der Waals surface area contributed by atoms with Gasteiger partial charge in [0.15, 0.2) is 5.13 Å². The van der Waals surface area contributed by atoms with E-state index in [9.17, 15) is 0 Å². The normalized spacial score (nSPS) is 15.8. The molecule has 2 heterocycles. The Labute approximate surface area is 107 Å². The van der Waals surface area contributed by atoms with Crippen LogP contribution in [0, 0.1) is 6.92 Å². The quantitative estimate of drug-likeness (QED) is 0.786. The van der Waals surface area contributed by atoms with Crippen molar-refractivity contribution in [1.29, 1.82) is 0 Å². The predicted molar refractivity (Wildman–Crippen MR) is 71.9 cm³/mol. The third-order valence-electron chi connectivity index (χ3n) is 3.03. The molecule has 0 aliphatic carbocycles. The molecule has 0 saturated carbocycles. The van der Waals surface area contributed by atoms with E-state index in [-0.39, 0.29) is 0 Å². The van der Waals surface area contributed by atoms with Gasteiger partial charge in [0.2, 0.25) is 0 Å². The van der Waals surface area contributed by atoms with Gasteiger partial charge in [-0.15, -0.1) is 11.3 Å². The van der Waals surface area contributed by atoms with Crippen LogP contribution >= 0.6 is 11.3 Å². The summed E-state index contributed by atoms with van der Waals surface area (Å²) in [5.74, 6) is 0. The maximum atomic E-state index is 5.01. The van der Waals surface area contributed by atoms with Gasteiger partial charge in [-0.1, -0.05) is 0 Å². The number of thiazole rings is 1. The number of hydrogen-bond acceptors (Lipinski definition) is 5. The van der Waals surface area contributed by atoms with E-state index in [4.69, 9.17) is 4.74 Å². The maximum Gasteiger partial charge on any atom is 0.185 e. The molecule has 4 nitrogen and oxygen atoms in total. The van der Waals surface area contributed by atoms with Crippen LogP contribution in [0.4, 0.5) is 5.13 Å². The summed E-state index contributed by atoms with van der Waals surface area (Å²) in [6, 6.07) is 0.